The van der Waals surface area contributed by atoms with Crippen LogP contribution in [-0.4, -0.2) is 17.0 Å². The molecule has 2 nitrogen and oxygen atoms in total. The van der Waals surface area contributed by atoms with Crippen molar-refractivity contribution in [3.63, 3.8) is 0 Å². The van der Waals surface area contributed by atoms with Crippen molar-refractivity contribution in [2.24, 2.45) is 5.92 Å². The Balaban J connectivity index is 2.52. The molecule has 2 unspecified atom stereocenters. The first-order valence-corrected chi connectivity index (χ1v) is 8.13. The number of hydrogen-bond donors (Lipinski definition) is 0. The largest absolute Gasteiger partial charge is 0.492 e. The number of unbranched alkanes of at least 4 members (excludes halogenated alkanes) is 2. The summed E-state index contributed by atoms with van der Waals surface area (Å²) < 4.78 is 5.69. The summed E-state index contributed by atoms with van der Waals surface area (Å²) in [5.74, 6) is 1.53. The van der Waals surface area contributed by atoms with Gasteiger partial charge in [-0.15, -0.1) is 0 Å². The second kappa shape index (κ2) is 8.47. The van der Waals surface area contributed by atoms with Crippen molar-refractivity contribution >= 4 is 16.9 Å². The predicted molar refractivity (Wildman–Crippen MR) is 83.2 cm³/mol. The van der Waals surface area contributed by atoms with Gasteiger partial charge in [0.05, 0.1) is 5.25 Å². The molecule has 3 heteroatoms. The van der Waals surface area contributed by atoms with Crippen LogP contribution in [0.5, 0.6) is 0 Å². The summed E-state index contributed by atoms with van der Waals surface area (Å²) in [6.07, 6.45) is 7.85. The van der Waals surface area contributed by atoms with Crippen LogP contribution in [0.25, 0.3) is 0 Å². The summed E-state index contributed by atoms with van der Waals surface area (Å²) in [5.41, 5.74) is 0.789. The van der Waals surface area contributed by atoms with Crippen molar-refractivity contribution in [2.75, 3.05) is 6.61 Å². The molecule has 1 aliphatic rings. The lowest BCUT2D eigenvalue weighted by atomic mass is 9.97. The van der Waals surface area contributed by atoms with E-state index in [1.807, 2.05) is 6.92 Å². The van der Waals surface area contributed by atoms with Crippen molar-refractivity contribution in [2.45, 2.75) is 58.1 Å². The van der Waals surface area contributed by atoms with Gasteiger partial charge in [0.15, 0.2) is 0 Å². The highest BCUT2D eigenvalue weighted by molar-refractivity contribution is 8.15. The molecule has 1 heterocycles. The fourth-order valence-electron chi connectivity index (χ4n) is 2.34. The topological polar surface area (TPSA) is 26.3 Å². The van der Waals surface area contributed by atoms with Crippen LogP contribution in [0.3, 0.4) is 0 Å². The van der Waals surface area contributed by atoms with Crippen molar-refractivity contribution in [3.8, 4) is 0 Å². The second-order valence-corrected chi connectivity index (χ2v) is 6.50. The number of thioether (sulfide) groups is 1. The zero-order chi connectivity index (χ0) is 14.3. The summed E-state index contributed by atoms with van der Waals surface area (Å²) in [4.78, 5) is 11.8. The maximum absolute atomic E-state index is 11.8. The van der Waals surface area contributed by atoms with Gasteiger partial charge in [-0.25, -0.2) is 0 Å². The number of hydrogen-bond acceptors (Lipinski definition) is 3. The zero-order valence-electron chi connectivity index (χ0n) is 12.4. The molecule has 0 aromatic rings. The highest BCUT2D eigenvalue weighted by atomic mass is 32.2. The van der Waals surface area contributed by atoms with Gasteiger partial charge in [0.25, 0.3) is 0 Å². The van der Waals surface area contributed by atoms with E-state index < -0.39 is 0 Å². The van der Waals surface area contributed by atoms with E-state index >= 15 is 0 Å². The lowest BCUT2D eigenvalue weighted by Gasteiger charge is -2.18. The Morgan fingerprint density at radius 3 is 2.84 bits per heavy atom. The van der Waals surface area contributed by atoms with Crippen molar-refractivity contribution in [1.82, 2.24) is 0 Å². The summed E-state index contributed by atoms with van der Waals surface area (Å²) in [6.45, 7) is 10.5. The third-order valence-corrected chi connectivity index (χ3v) is 4.70. The van der Waals surface area contributed by atoms with E-state index in [1.165, 1.54) is 37.4 Å². The summed E-state index contributed by atoms with van der Waals surface area (Å²) in [6, 6.07) is 0. The molecule has 0 spiro atoms. The SMILES string of the molecule is C=CCOC1=C(C)C(=O)SC1CC(C)CCCCC. The monoisotopic (exact) mass is 282 g/mol. The molecule has 0 bridgehead atoms. The van der Waals surface area contributed by atoms with Crippen LogP contribution in [-0.2, 0) is 9.53 Å². The molecule has 0 aromatic carbocycles. The third-order valence-electron chi connectivity index (χ3n) is 3.49. The maximum atomic E-state index is 11.8. The molecular formula is C16H26O2S. The standard InChI is InChI=1S/C16H26O2S/c1-5-7-8-9-12(3)11-14-15(18-10-6-2)13(4)16(17)19-14/h6,12,14H,2,5,7-11H2,1,3-4H3. The van der Waals surface area contributed by atoms with E-state index in [-0.39, 0.29) is 10.4 Å². The number of ether oxygens (including phenoxy) is 1. The van der Waals surface area contributed by atoms with E-state index in [0.717, 1.165) is 17.8 Å². The molecule has 0 saturated carbocycles. The van der Waals surface area contributed by atoms with E-state index in [9.17, 15) is 4.79 Å². The first-order valence-electron chi connectivity index (χ1n) is 7.25. The fraction of sp³-hybridized carbons (Fsp3) is 0.688. The molecule has 0 amide bonds. The third kappa shape index (κ3) is 5.06. The van der Waals surface area contributed by atoms with Gasteiger partial charge in [-0.2, -0.15) is 0 Å². The van der Waals surface area contributed by atoms with Crippen LogP contribution in [0.4, 0.5) is 0 Å². The minimum Gasteiger partial charge on any atom is -0.492 e. The van der Waals surface area contributed by atoms with Gasteiger partial charge in [-0.05, 0) is 19.3 Å². The van der Waals surface area contributed by atoms with Crippen LogP contribution in [0.15, 0.2) is 24.0 Å². The summed E-state index contributed by atoms with van der Waals surface area (Å²) in [5, 5.41) is 0.383. The van der Waals surface area contributed by atoms with E-state index in [4.69, 9.17) is 4.74 Å². The average Bonchev–Trinajstić information content (AvgIpc) is 2.63. The normalized spacial score (nSPS) is 20.8. The molecule has 0 radical (unpaired) electrons. The second-order valence-electron chi connectivity index (χ2n) is 5.32. The van der Waals surface area contributed by atoms with Gasteiger partial charge < -0.3 is 4.74 Å². The molecule has 1 aliphatic heterocycles. The average molecular weight is 282 g/mol. The molecule has 108 valence electrons. The molecule has 0 aromatic heterocycles. The van der Waals surface area contributed by atoms with Gasteiger partial charge in [0.2, 0.25) is 5.12 Å². The lowest BCUT2D eigenvalue weighted by molar-refractivity contribution is -0.107. The molecule has 0 fully saturated rings. The van der Waals surface area contributed by atoms with Crippen LogP contribution in [0.1, 0.15) is 52.9 Å². The summed E-state index contributed by atoms with van der Waals surface area (Å²) >= 11 is 1.43. The Bertz CT molecular complexity index is 347. The van der Waals surface area contributed by atoms with Crippen LogP contribution in [0, 0.1) is 5.92 Å². The fourth-order valence-corrected chi connectivity index (χ4v) is 3.66. The molecule has 1 rings (SSSR count). The van der Waals surface area contributed by atoms with E-state index in [1.54, 1.807) is 6.08 Å². The van der Waals surface area contributed by atoms with E-state index in [2.05, 4.69) is 20.4 Å². The molecule has 19 heavy (non-hydrogen) atoms. The number of rotatable bonds is 9. The maximum Gasteiger partial charge on any atom is 0.219 e. The lowest BCUT2D eigenvalue weighted by Crippen LogP contribution is -2.12. The minimum atomic E-state index is 0.171. The van der Waals surface area contributed by atoms with Crippen molar-refractivity contribution in [3.05, 3.63) is 24.0 Å². The minimum absolute atomic E-state index is 0.171. The zero-order valence-corrected chi connectivity index (χ0v) is 13.2. The van der Waals surface area contributed by atoms with Gasteiger partial charge in [-0.1, -0.05) is 63.9 Å². The summed E-state index contributed by atoms with van der Waals surface area (Å²) in [7, 11) is 0. The number of carbonyl (C=O) groups excluding carboxylic acids is 1. The number of carbonyl (C=O) groups is 1. The van der Waals surface area contributed by atoms with Gasteiger partial charge in [0, 0.05) is 5.57 Å². The Morgan fingerprint density at radius 2 is 2.21 bits per heavy atom. The van der Waals surface area contributed by atoms with Gasteiger partial charge >= 0.3 is 0 Å². The Labute approximate surface area is 121 Å². The molecule has 0 aliphatic carbocycles. The Kier molecular flexibility index (Phi) is 7.29. The van der Waals surface area contributed by atoms with Crippen LogP contribution in [0.2, 0.25) is 0 Å². The molecule has 0 N–H and O–H groups in total. The Hall–Kier alpha value is -0.700. The first-order chi connectivity index (χ1) is 9.10. The van der Waals surface area contributed by atoms with Crippen LogP contribution >= 0.6 is 11.8 Å². The highest BCUT2D eigenvalue weighted by Crippen LogP contribution is 2.38. The smallest absolute Gasteiger partial charge is 0.219 e. The van der Waals surface area contributed by atoms with E-state index in [0.29, 0.717) is 12.5 Å². The Morgan fingerprint density at radius 1 is 1.47 bits per heavy atom. The van der Waals surface area contributed by atoms with Gasteiger partial charge in [0.1, 0.15) is 12.4 Å². The van der Waals surface area contributed by atoms with Crippen LogP contribution < -0.4 is 0 Å². The van der Waals surface area contributed by atoms with Crippen molar-refractivity contribution < 1.29 is 9.53 Å². The first kappa shape index (κ1) is 16.4. The predicted octanol–water partition coefficient (Wildman–Crippen LogP) is 4.71. The molecular weight excluding hydrogens is 256 g/mol. The van der Waals surface area contributed by atoms with Gasteiger partial charge in [-0.3, -0.25) is 4.79 Å². The molecule has 2 atom stereocenters. The highest BCUT2D eigenvalue weighted by Gasteiger charge is 2.33. The molecule has 0 saturated heterocycles. The van der Waals surface area contributed by atoms with Crippen molar-refractivity contribution in [1.29, 1.82) is 0 Å². The quantitative estimate of drug-likeness (QED) is 0.452.